The van der Waals surface area contributed by atoms with Crippen LogP contribution in [0.15, 0.2) is 48.5 Å². The monoisotopic (exact) mass is 470 g/mol. The van der Waals surface area contributed by atoms with Crippen molar-refractivity contribution in [2.75, 3.05) is 6.61 Å². The zero-order valence-electron chi connectivity index (χ0n) is 21.2. The largest absolute Gasteiger partial charge is 0.494 e. The number of carbonyl (C=O) groups is 1. The van der Waals surface area contributed by atoms with Crippen LogP contribution in [0.1, 0.15) is 97.3 Å². The van der Waals surface area contributed by atoms with Crippen molar-refractivity contribution in [1.29, 1.82) is 0 Å². The van der Waals surface area contributed by atoms with Gasteiger partial charge in [0.15, 0.2) is 0 Å². The van der Waals surface area contributed by atoms with Gasteiger partial charge in [-0.1, -0.05) is 102 Å². The molecule has 0 N–H and O–H groups in total. The molecule has 0 aliphatic heterocycles. The molecular formula is C30H43FO3. The lowest BCUT2D eigenvalue weighted by Gasteiger charge is -2.10. The summed E-state index contributed by atoms with van der Waals surface area (Å²) in [7, 11) is 0. The van der Waals surface area contributed by atoms with Crippen molar-refractivity contribution in [2.45, 2.75) is 103 Å². The molecular weight excluding hydrogens is 427 g/mol. The summed E-state index contributed by atoms with van der Waals surface area (Å²) in [6.45, 7) is 5.12. The molecule has 2 rings (SSSR count). The highest BCUT2D eigenvalue weighted by Crippen LogP contribution is 2.25. The molecule has 1 unspecified atom stereocenters. The topological polar surface area (TPSA) is 35.5 Å². The van der Waals surface area contributed by atoms with Crippen LogP contribution in [-0.2, 0) is 4.79 Å². The van der Waals surface area contributed by atoms with E-state index in [-0.39, 0.29) is 6.42 Å². The third-order valence-corrected chi connectivity index (χ3v) is 6.05. The third kappa shape index (κ3) is 11.7. The Hall–Kier alpha value is -2.36. The molecule has 0 spiro atoms. The summed E-state index contributed by atoms with van der Waals surface area (Å²) in [5.74, 6) is 0.815. The molecule has 2 aromatic carbocycles. The van der Waals surface area contributed by atoms with E-state index in [0.717, 1.165) is 55.6 Å². The van der Waals surface area contributed by atoms with Crippen LogP contribution in [0.25, 0.3) is 11.1 Å². The Morgan fingerprint density at radius 3 is 1.79 bits per heavy atom. The van der Waals surface area contributed by atoms with Gasteiger partial charge in [-0.2, -0.15) is 0 Å². The molecule has 0 radical (unpaired) electrons. The van der Waals surface area contributed by atoms with Crippen molar-refractivity contribution < 1.29 is 18.7 Å². The molecule has 0 fully saturated rings. The van der Waals surface area contributed by atoms with Gasteiger partial charge in [-0.3, -0.25) is 4.79 Å². The second-order valence-corrected chi connectivity index (χ2v) is 9.14. The summed E-state index contributed by atoms with van der Waals surface area (Å²) in [5.41, 5.74) is 2.09. The number of alkyl halides is 1. The van der Waals surface area contributed by atoms with Crippen molar-refractivity contribution in [3.05, 3.63) is 48.5 Å². The Morgan fingerprint density at radius 2 is 1.21 bits per heavy atom. The summed E-state index contributed by atoms with van der Waals surface area (Å²) in [6.07, 6.45) is 12.1. The Labute approximate surface area is 206 Å². The second kappa shape index (κ2) is 17.1. The number of benzene rings is 2. The van der Waals surface area contributed by atoms with Crippen LogP contribution < -0.4 is 9.47 Å². The molecule has 0 amide bonds. The summed E-state index contributed by atoms with van der Waals surface area (Å²) in [4.78, 5) is 12.0. The molecule has 1 atom stereocenters. The molecule has 0 saturated carbocycles. The molecule has 0 aliphatic rings. The van der Waals surface area contributed by atoms with E-state index >= 15 is 0 Å². The molecule has 0 heterocycles. The van der Waals surface area contributed by atoms with E-state index in [2.05, 4.69) is 13.8 Å². The molecule has 0 aromatic heterocycles. The Balaban J connectivity index is 1.70. The minimum atomic E-state index is -1.13. The van der Waals surface area contributed by atoms with Crippen LogP contribution in [0.4, 0.5) is 4.39 Å². The maximum absolute atomic E-state index is 14.0. The number of halogens is 1. The number of hydrogen-bond acceptors (Lipinski definition) is 3. The number of unbranched alkanes of at least 4 members (excludes halogenated alkanes) is 9. The lowest BCUT2D eigenvalue weighted by atomic mass is 10.1. The maximum Gasteiger partial charge on any atom is 0.314 e. The third-order valence-electron chi connectivity index (χ3n) is 6.05. The molecule has 3 nitrogen and oxygen atoms in total. The van der Waals surface area contributed by atoms with E-state index in [4.69, 9.17) is 9.47 Å². The van der Waals surface area contributed by atoms with Crippen molar-refractivity contribution in [3.8, 4) is 22.6 Å². The normalized spacial score (nSPS) is 11.9. The van der Waals surface area contributed by atoms with Gasteiger partial charge in [-0.25, -0.2) is 4.39 Å². The molecule has 188 valence electrons. The van der Waals surface area contributed by atoms with Crippen LogP contribution in [0.2, 0.25) is 0 Å². The SMILES string of the molecule is CCCCCCCCCOc1ccc(-c2ccc(OC(=O)CC(F)CCCCCC)cc2)cc1. The van der Waals surface area contributed by atoms with E-state index in [1.807, 2.05) is 36.4 Å². The van der Waals surface area contributed by atoms with Crippen LogP contribution in [0.5, 0.6) is 11.5 Å². The van der Waals surface area contributed by atoms with E-state index in [1.165, 1.54) is 38.5 Å². The van der Waals surface area contributed by atoms with Gasteiger partial charge in [0.05, 0.1) is 13.0 Å². The zero-order chi connectivity index (χ0) is 24.4. The van der Waals surface area contributed by atoms with Gasteiger partial charge in [0.25, 0.3) is 0 Å². The van der Waals surface area contributed by atoms with E-state index < -0.39 is 12.1 Å². The highest BCUT2D eigenvalue weighted by molar-refractivity contribution is 5.73. The van der Waals surface area contributed by atoms with Crippen LogP contribution in [-0.4, -0.2) is 18.7 Å². The summed E-state index contributed by atoms with van der Waals surface area (Å²) < 4.78 is 25.1. The fourth-order valence-electron chi connectivity index (χ4n) is 3.96. The van der Waals surface area contributed by atoms with Crippen LogP contribution in [0.3, 0.4) is 0 Å². The molecule has 34 heavy (non-hydrogen) atoms. The predicted octanol–water partition coefficient (Wildman–Crippen LogP) is 9.09. The number of rotatable bonds is 18. The number of esters is 1. The first kappa shape index (κ1) is 27.9. The van der Waals surface area contributed by atoms with Gasteiger partial charge in [0, 0.05) is 0 Å². The smallest absolute Gasteiger partial charge is 0.314 e. The Bertz CT molecular complexity index is 786. The first-order valence-corrected chi connectivity index (χ1v) is 13.3. The number of ether oxygens (including phenoxy) is 2. The van der Waals surface area contributed by atoms with Crippen LogP contribution >= 0.6 is 0 Å². The lowest BCUT2D eigenvalue weighted by molar-refractivity contribution is -0.135. The number of carbonyl (C=O) groups excluding carboxylic acids is 1. The fraction of sp³-hybridized carbons (Fsp3) is 0.567. The summed E-state index contributed by atoms with van der Waals surface area (Å²) in [6, 6.07) is 15.4. The van der Waals surface area contributed by atoms with E-state index in [0.29, 0.717) is 12.2 Å². The second-order valence-electron chi connectivity index (χ2n) is 9.14. The average molecular weight is 471 g/mol. The van der Waals surface area contributed by atoms with Gasteiger partial charge >= 0.3 is 5.97 Å². The van der Waals surface area contributed by atoms with Gasteiger partial charge in [-0.05, 0) is 48.2 Å². The minimum absolute atomic E-state index is 0.186. The zero-order valence-corrected chi connectivity index (χ0v) is 21.2. The quantitative estimate of drug-likeness (QED) is 0.124. The average Bonchev–Trinajstić information content (AvgIpc) is 2.84. The van der Waals surface area contributed by atoms with Crippen molar-refractivity contribution >= 4 is 5.97 Å². The first-order chi connectivity index (χ1) is 16.6. The molecule has 0 bridgehead atoms. The predicted molar refractivity (Wildman–Crippen MR) is 139 cm³/mol. The van der Waals surface area contributed by atoms with E-state index in [9.17, 15) is 9.18 Å². The van der Waals surface area contributed by atoms with Gasteiger partial charge in [0.2, 0.25) is 0 Å². The van der Waals surface area contributed by atoms with Crippen molar-refractivity contribution in [2.24, 2.45) is 0 Å². The highest BCUT2D eigenvalue weighted by atomic mass is 19.1. The highest BCUT2D eigenvalue weighted by Gasteiger charge is 2.14. The maximum atomic E-state index is 14.0. The molecule has 2 aromatic rings. The van der Waals surface area contributed by atoms with Crippen molar-refractivity contribution in [3.63, 3.8) is 0 Å². The Morgan fingerprint density at radius 1 is 0.706 bits per heavy atom. The fourth-order valence-corrected chi connectivity index (χ4v) is 3.96. The van der Waals surface area contributed by atoms with Gasteiger partial charge in [-0.15, -0.1) is 0 Å². The van der Waals surface area contributed by atoms with Crippen LogP contribution in [0, 0.1) is 0 Å². The minimum Gasteiger partial charge on any atom is -0.494 e. The van der Waals surface area contributed by atoms with Crippen molar-refractivity contribution in [1.82, 2.24) is 0 Å². The molecule has 4 heteroatoms. The van der Waals surface area contributed by atoms with Gasteiger partial charge < -0.3 is 9.47 Å². The summed E-state index contributed by atoms with van der Waals surface area (Å²) in [5, 5.41) is 0. The molecule has 0 saturated heterocycles. The summed E-state index contributed by atoms with van der Waals surface area (Å²) >= 11 is 0. The van der Waals surface area contributed by atoms with E-state index in [1.54, 1.807) is 12.1 Å². The lowest BCUT2D eigenvalue weighted by Crippen LogP contribution is -2.14. The van der Waals surface area contributed by atoms with Gasteiger partial charge in [0.1, 0.15) is 17.7 Å². The standard InChI is InChI=1S/C30H43FO3/c1-3-5-7-9-10-11-13-23-33-28-19-15-25(16-20-28)26-17-21-29(22-18-26)34-30(32)24-27(31)14-12-8-6-4-2/h15-22,27H,3-14,23-24H2,1-2H3. The molecule has 0 aliphatic carbocycles. The first-order valence-electron chi connectivity index (χ1n) is 13.3. The number of hydrogen-bond donors (Lipinski definition) is 0. The Kier molecular flexibility index (Phi) is 14.0.